The minimum Gasteiger partial charge on any atom is -0.506 e. The lowest BCUT2D eigenvalue weighted by molar-refractivity contribution is 0.102. The van der Waals surface area contributed by atoms with E-state index in [9.17, 15) is 18.3 Å². The summed E-state index contributed by atoms with van der Waals surface area (Å²) in [6.45, 7) is 2.85. The maximum atomic E-state index is 13.2. The van der Waals surface area contributed by atoms with Gasteiger partial charge in [0.25, 0.3) is 5.91 Å². The number of rotatable bonds is 6. The van der Waals surface area contributed by atoms with Gasteiger partial charge in [-0.05, 0) is 35.9 Å². The zero-order valence-electron chi connectivity index (χ0n) is 17.5. The van der Waals surface area contributed by atoms with Crippen molar-refractivity contribution in [3.63, 3.8) is 0 Å². The number of sulfonamides is 1. The van der Waals surface area contributed by atoms with E-state index in [2.05, 4.69) is 22.3 Å². The van der Waals surface area contributed by atoms with Gasteiger partial charge in [0.15, 0.2) is 0 Å². The van der Waals surface area contributed by atoms with Crippen LogP contribution in [0, 0.1) is 0 Å². The lowest BCUT2D eigenvalue weighted by Gasteiger charge is -2.34. The Kier molecular flexibility index (Phi) is 6.55. The molecule has 8 heteroatoms. The highest BCUT2D eigenvalue weighted by molar-refractivity contribution is 7.89. The van der Waals surface area contributed by atoms with Crippen molar-refractivity contribution in [2.45, 2.75) is 11.4 Å². The normalized spacial score (nSPS) is 15.4. The molecule has 3 aromatic rings. The SMILES string of the molecule is O=C(Nc1ccccc1O)c1cccc(S(=O)(=O)N2CCN(Cc3ccccc3)CC2)c1. The molecule has 0 bridgehead atoms. The van der Waals surface area contributed by atoms with E-state index in [0.29, 0.717) is 26.2 Å². The maximum Gasteiger partial charge on any atom is 0.255 e. The van der Waals surface area contributed by atoms with Gasteiger partial charge in [0.1, 0.15) is 5.75 Å². The predicted molar refractivity (Wildman–Crippen MR) is 123 cm³/mol. The summed E-state index contributed by atoms with van der Waals surface area (Å²) in [5, 5.41) is 12.5. The highest BCUT2D eigenvalue weighted by Crippen LogP contribution is 2.24. The molecule has 1 amide bonds. The average Bonchev–Trinajstić information content (AvgIpc) is 2.82. The third kappa shape index (κ3) is 4.99. The van der Waals surface area contributed by atoms with Gasteiger partial charge in [-0.3, -0.25) is 9.69 Å². The number of benzene rings is 3. The van der Waals surface area contributed by atoms with Crippen LogP contribution in [0.15, 0.2) is 83.8 Å². The first-order valence-corrected chi connectivity index (χ1v) is 11.8. The van der Waals surface area contributed by atoms with Crippen LogP contribution < -0.4 is 5.32 Å². The number of nitrogens with one attached hydrogen (secondary N) is 1. The van der Waals surface area contributed by atoms with Crippen molar-refractivity contribution in [2.75, 3.05) is 31.5 Å². The first-order valence-electron chi connectivity index (χ1n) is 10.4. The van der Waals surface area contributed by atoms with Gasteiger partial charge in [-0.15, -0.1) is 0 Å². The van der Waals surface area contributed by atoms with Gasteiger partial charge in [0.05, 0.1) is 10.6 Å². The summed E-state index contributed by atoms with van der Waals surface area (Å²) in [6.07, 6.45) is 0. The van der Waals surface area contributed by atoms with Gasteiger partial charge in [0, 0.05) is 38.3 Å². The summed E-state index contributed by atoms with van der Waals surface area (Å²) in [4.78, 5) is 14.9. The van der Waals surface area contributed by atoms with Gasteiger partial charge in [-0.2, -0.15) is 4.31 Å². The van der Waals surface area contributed by atoms with E-state index in [0.717, 1.165) is 6.54 Å². The molecule has 32 heavy (non-hydrogen) atoms. The van der Waals surface area contributed by atoms with E-state index in [1.54, 1.807) is 30.3 Å². The van der Waals surface area contributed by atoms with Crippen LogP contribution in [0.25, 0.3) is 0 Å². The molecule has 0 aromatic heterocycles. The minimum absolute atomic E-state index is 0.0574. The smallest absolute Gasteiger partial charge is 0.255 e. The average molecular weight is 452 g/mol. The second kappa shape index (κ2) is 9.52. The summed E-state index contributed by atoms with van der Waals surface area (Å²) in [6, 6.07) is 22.5. The number of aromatic hydroxyl groups is 1. The zero-order valence-corrected chi connectivity index (χ0v) is 18.3. The topological polar surface area (TPSA) is 89.9 Å². The third-order valence-electron chi connectivity index (χ3n) is 5.47. The summed E-state index contributed by atoms with van der Waals surface area (Å²) < 4.78 is 27.8. The molecule has 0 saturated carbocycles. The molecule has 1 aliphatic rings. The number of para-hydroxylation sites is 2. The summed E-state index contributed by atoms with van der Waals surface area (Å²) in [5.74, 6) is -0.547. The van der Waals surface area contributed by atoms with Crippen LogP contribution in [0.4, 0.5) is 5.69 Å². The van der Waals surface area contributed by atoms with E-state index in [1.165, 1.54) is 28.1 Å². The molecule has 0 atom stereocenters. The Morgan fingerprint density at radius 3 is 2.28 bits per heavy atom. The first kappa shape index (κ1) is 22.0. The Labute approximate surface area is 188 Å². The van der Waals surface area contributed by atoms with Crippen molar-refractivity contribution < 1.29 is 18.3 Å². The number of hydrogen-bond acceptors (Lipinski definition) is 5. The van der Waals surface area contributed by atoms with E-state index < -0.39 is 15.9 Å². The van der Waals surface area contributed by atoms with Crippen molar-refractivity contribution in [1.29, 1.82) is 0 Å². The van der Waals surface area contributed by atoms with Crippen LogP contribution in [0.2, 0.25) is 0 Å². The summed E-state index contributed by atoms with van der Waals surface area (Å²) >= 11 is 0. The van der Waals surface area contributed by atoms with Crippen LogP contribution in [0.5, 0.6) is 5.75 Å². The molecule has 1 saturated heterocycles. The van der Waals surface area contributed by atoms with Gasteiger partial charge in [-0.1, -0.05) is 48.5 Å². The molecule has 3 aromatic carbocycles. The second-order valence-electron chi connectivity index (χ2n) is 7.66. The third-order valence-corrected chi connectivity index (χ3v) is 7.36. The maximum absolute atomic E-state index is 13.2. The number of amides is 1. The molecular weight excluding hydrogens is 426 g/mol. The minimum atomic E-state index is -3.72. The number of piperazine rings is 1. The standard InChI is InChI=1S/C24H25N3O4S/c28-23-12-5-4-11-22(23)25-24(29)20-9-6-10-21(17-20)32(30,31)27-15-13-26(14-16-27)18-19-7-2-1-3-8-19/h1-12,17,28H,13-16,18H2,(H,25,29). The Balaban J connectivity index is 1.43. The van der Waals surface area contributed by atoms with Gasteiger partial charge >= 0.3 is 0 Å². The Hall–Kier alpha value is -3.20. The molecule has 0 aliphatic carbocycles. The molecule has 0 radical (unpaired) electrons. The molecular formula is C24H25N3O4S. The van der Waals surface area contributed by atoms with Crippen LogP contribution in [-0.4, -0.2) is 54.8 Å². The first-order chi connectivity index (χ1) is 15.4. The number of carbonyl (C=O) groups is 1. The van der Waals surface area contributed by atoms with E-state index >= 15 is 0 Å². The monoisotopic (exact) mass is 451 g/mol. The van der Waals surface area contributed by atoms with Crippen molar-refractivity contribution in [2.24, 2.45) is 0 Å². The predicted octanol–water partition coefficient (Wildman–Crippen LogP) is 3.15. The van der Waals surface area contributed by atoms with Crippen molar-refractivity contribution >= 4 is 21.6 Å². The van der Waals surface area contributed by atoms with E-state index in [4.69, 9.17) is 0 Å². The summed E-state index contributed by atoms with van der Waals surface area (Å²) in [5.41, 5.74) is 1.67. The molecule has 0 spiro atoms. The van der Waals surface area contributed by atoms with Gasteiger partial charge < -0.3 is 10.4 Å². The van der Waals surface area contributed by atoms with Crippen LogP contribution >= 0.6 is 0 Å². The molecule has 1 heterocycles. The molecule has 1 aliphatic heterocycles. The number of phenolic OH excluding ortho intramolecular Hbond substituents is 1. The molecule has 2 N–H and O–H groups in total. The second-order valence-corrected chi connectivity index (χ2v) is 9.60. The Morgan fingerprint density at radius 2 is 1.56 bits per heavy atom. The van der Waals surface area contributed by atoms with Gasteiger partial charge in [-0.25, -0.2) is 8.42 Å². The molecule has 1 fully saturated rings. The van der Waals surface area contributed by atoms with E-state index in [1.807, 2.05) is 18.2 Å². The lowest BCUT2D eigenvalue weighted by Crippen LogP contribution is -2.48. The highest BCUT2D eigenvalue weighted by Gasteiger charge is 2.29. The number of phenols is 1. The van der Waals surface area contributed by atoms with Crippen LogP contribution in [-0.2, 0) is 16.6 Å². The van der Waals surface area contributed by atoms with Gasteiger partial charge in [0.2, 0.25) is 10.0 Å². The fraction of sp³-hybridized carbons (Fsp3) is 0.208. The van der Waals surface area contributed by atoms with Crippen molar-refractivity contribution in [3.05, 3.63) is 90.0 Å². The number of carbonyl (C=O) groups excluding carboxylic acids is 1. The quantitative estimate of drug-likeness (QED) is 0.562. The molecule has 7 nitrogen and oxygen atoms in total. The molecule has 166 valence electrons. The molecule has 0 unspecified atom stereocenters. The van der Waals surface area contributed by atoms with Crippen LogP contribution in [0.1, 0.15) is 15.9 Å². The largest absolute Gasteiger partial charge is 0.506 e. The Bertz CT molecular complexity index is 1190. The fourth-order valence-corrected chi connectivity index (χ4v) is 5.16. The lowest BCUT2D eigenvalue weighted by atomic mass is 10.2. The Morgan fingerprint density at radius 1 is 0.875 bits per heavy atom. The number of anilines is 1. The highest BCUT2D eigenvalue weighted by atomic mass is 32.2. The molecule has 4 rings (SSSR count). The number of hydrogen-bond donors (Lipinski definition) is 2. The van der Waals surface area contributed by atoms with E-state index in [-0.39, 0.29) is 21.9 Å². The number of nitrogens with zero attached hydrogens (tertiary/aromatic N) is 2. The van der Waals surface area contributed by atoms with Crippen molar-refractivity contribution in [3.8, 4) is 5.75 Å². The fourth-order valence-electron chi connectivity index (χ4n) is 3.69. The summed E-state index contributed by atoms with van der Waals surface area (Å²) in [7, 11) is -3.72. The zero-order chi connectivity index (χ0) is 22.6. The van der Waals surface area contributed by atoms with Crippen molar-refractivity contribution in [1.82, 2.24) is 9.21 Å². The van der Waals surface area contributed by atoms with Crippen LogP contribution in [0.3, 0.4) is 0 Å².